The Morgan fingerprint density at radius 3 is 1.89 bits per heavy atom. The summed E-state index contributed by atoms with van der Waals surface area (Å²) in [6.07, 6.45) is -14.0. The maximum Gasteiger partial charge on any atom is 0.339 e. The molecule has 0 bridgehead atoms. The lowest BCUT2D eigenvalue weighted by Gasteiger charge is -2.60. The van der Waals surface area contributed by atoms with Crippen molar-refractivity contribution >= 4 is 23.9 Å². The fourth-order valence-electron chi connectivity index (χ4n) is 11.8. The van der Waals surface area contributed by atoms with Crippen LogP contribution in [-0.2, 0) is 57.1 Å². The highest BCUT2D eigenvalue weighted by atomic mass is 16.7. The van der Waals surface area contributed by atoms with E-state index in [0.29, 0.717) is 24.0 Å². The number of aliphatic hydroxyl groups excluding tert-OH is 7. The SMILES string of the molecule is CC1O[C@H](COC(=O)CCC(=O)O/C(CCC(=O)OC[C@H]2OC(C)[C@@H](O)[C@@H](O)[C@@H]2O)=C2/OC(=O)C3=C2C2CO[C@]4(C)[C@H](O)[C@@]5(C(C)C)C[C@H]5[C@@H]5O[C@@]54[C@@]2(C)CC3)[C@@H](O)[C@H](O)[C@@H]1O. The van der Waals surface area contributed by atoms with E-state index in [-0.39, 0.29) is 47.9 Å². The Hall–Kier alpha value is -3.08. The zero-order valence-corrected chi connectivity index (χ0v) is 35.8. The maximum absolute atomic E-state index is 13.6. The second-order valence-corrected chi connectivity index (χ2v) is 19.2. The Kier molecular flexibility index (Phi) is 11.8. The van der Waals surface area contributed by atoms with Crippen molar-refractivity contribution in [2.45, 2.75) is 171 Å². The molecule has 18 atom stereocenters. The van der Waals surface area contributed by atoms with Gasteiger partial charge in [-0.1, -0.05) is 20.8 Å². The summed E-state index contributed by atoms with van der Waals surface area (Å²) in [6, 6.07) is 0. The molecule has 346 valence electrons. The van der Waals surface area contributed by atoms with Crippen molar-refractivity contribution in [1.82, 2.24) is 0 Å². The van der Waals surface area contributed by atoms with E-state index in [4.69, 9.17) is 37.9 Å². The number of hydrogen-bond acceptors (Lipinski definition) is 19. The van der Waals surface area contributed by atoms with E-state index < -0.39 is 146 Å². The first-order chi connectivity index (χ1) is 29.1. The lowest BCUT2D eigenvalue weighted by Crippen LogP contribution is -2.72. The molecule has 19 nitrogen and oxygen atoms in total. The van der Waals surface area contributed by atoms with E-state index in [2.05, 4.69) is 20.8 Å². The van der Waals surface area contributed by atoms with Crippen molar-refractivity contribution in [2.75, 3.05) is 19.8 Å². The minimum atomic E-state index is -1.55. The number of epoxide rings is 1. The monoisotopic (exact) mass is 880 g/mol. The molecular weight excluding hydrogens is 820 g/mol. The van der Waals surface area contributed by atoms with Crippen molar-refractivity contribution in [2.24, 2.45) is 28.6 Å². The Labute approximate surface area is 358 Å². The van der Waals surface area contributed by atoms with Gasteiger partial charge in [-0.3, -0.25) is 14.4 Å². The van der Waals surface area contributed by atoms with Crippen LogP contribution < -0.4 is 0 Å². The molecule has 7 N–H and O–H groups in total. The fourth-order valence-corrected chi connectivity index (χ4v) is 11.8. The number of hydrogen-bond donors (Lipinski definition) is 7. The second kappa shape index (κ2) is 16.1. The third kappa shape index (κ3) is 6.87. The molecule has 1 spiro atoms. The molecule has 6 fully saturated rings. The van der Waals surface area contributed by atoms with Gasteiger partial charge >= 0.3 is 23.9 Å². The van der Waals surface area contributed by atoms with Gasteiger partial charge in [0.2, 0.25) is 0 Å². The lowest BCUT2D eigenvalue weighted by molar-refractivity contribution is -0.258. The average Bonchev–Trinajstić information content (AvgIpc) is 4.15. The molecule has 4 saturated heterocycles. The molecule has 5 heterocycles. The van der Waals surface area contributed by atoms with Gasteiger partial charge in [0.1, 0.15) is 73.2 Å². The summed E-state index contributed by atoms with van der Waals surface area (Å²) in [7, 11) is 0. The summed E-state index contributed by atoms with van der Waals surface area (Å²) in [5, 5.41) is 73.1. The molecule has 0 aromatic heterocycles. The highest BCUT2D eigenvalue weighted by Gasteiger charge is 2.92. The first kappa shape index (κ1) is 45.5. The lowest BCUT2D eigenvalue weighted by atomic mass is 9.49. The predicted octanol–water partition coefficient (Wildman–Crippen LogP) is -0.639. The molecule has 0 radical (unpaired) electrons. The number of allylic oxidation sites excluding steroid dienone is 2. The molecular formula is C43H60O19. The average molecular weight is 881 g/mol. The van der Waals surface area contributed by atoms with E-state index in [9.17, 15) is 54.9 Å². The van der Waals surface area contributed by atoms with Gasteiger partial charge in [0, 0.05) is 34.3 Å². The van der Waals surface area contributed by atoms with Gasteiger partial charge in [-0.15, -0.1) is 0 Å². The largest absolute Gasteiger partial charge is 0.463 e. The van der Waals surface area contributed by atoms with Crippen molar-refractivity contribution in [3.63, 3.8) is 0 Å². The van der Waals surface area contributed by atoms with Gasteiger partial charge in [0.25, 0.3) is 0 Å². The number of aliphatic hydroxyl groups is 7. The topological polar surface area (TPSA) is 287 Å². The van der Waals surface area contributed by atoms with Crippen LogP contribution in [0.1, 0.15) is 86.5 Å². The second-order valence-electron chi connectivity index (χ2n) is 19.2. The van der Waals surface area contributed by atoms with Crippen LogP contribution in [0.25, 0.3) is 0 Å². The van der Waals surface area contributed by atoms with Gasteiger partial charge in [0.15, 0.2) is 11.5 Å². The van der Waals surface area contributed by atoms with Crippen LogP contribution in [0.4, 0.5) is 0 Å². The first-order valence-corrected chi connectivity index (χ1v) is 21.7. The Morgan fingerprint density at radius 2 is 1.32 bits per heavy atom. The molecule has 8 aliphatic rings. The number of carbonyl (C=O) groups is 4. The zero-order valence-electron chi connectivity index (χ0n) is 35.8. The molecule has 0 amide bonds. The normalized spacial score (nSPS) is 47.2. The predicted molar refractivity (Wildman–Crippen MR) is 206 cm³/mol. The van der Waals surface area contributed by atoms with Gasteiger partial charge in [-0.2, -0.15) is 0 Å². The minimum absolute atomic E-state index is 0.0694. The molecule has 8 rings (SSSR count). The van der Waals surface area contributed by atoms with Crippen LogP contribution in [0.2, 0.25) is 0 Å². The molecule has 3 unspecified atom stereocenters. The Morgan fingerprint density at radius 1 is 0.774 bits per heavy atom. The standard InChI is InChI=1S/C43H60O19/c1-17(2)42-13-21(42)37-43(62-37)40(5)12-11-20-29(22(40)14-57-41(43,6)39(42)54)36(61-38(20)53)23(7-8-26(44)55-15-24-32(49)34(51)30(47)18(3)58-24)60-28(46)10-9-27(45)56-16-25-33(50)35(52)31(48)19(4)59-25/h17-19,21-22,24-25,30-35,37,39,47-52,54H,7-16H2,1-6H3/b36-23+/t18?,19?,21-,22?,24+,25+,30+,31+,32+,33+,34+,35+,37-,39-,40-,41+,42+,43+/m0/s1. The van der Waals surface area contributed by atoms with E-state index in [1.54, 1.807) is 0 Å². The number of rotatable bonds is 12. The van der Waals surface area contributed by atoms with Crippen LogP contribution in [0.5, 0.6) is 0 Å². The molecule has 2 saturated carbocycles. The summed E-state index contributed by atoms with van der Waals surface area (Å²) in [5.74, 6) is -3.74. The van der Waals surface area contributed by atoms with Gasteiger partial charge in [-0.25, -0.2) is 4.79 Å². The van der Waals surface area contributed by atoms with Crippen LogP contribution in [0.15, 0.2) is 22.7 Å². The van der Waals surface area contributed by atoms with Crippen molar-refractivity contribution in [3.05, 3.63) is 22.7 Å². The first-order valence-electron chi connectivity index (χ1n) is 21.7. The highest BCUT2D eigenvalue weighted by Crippen LogP contribution is 2.82. The summed E-state index contributed by atoms with van der Waals surface area (Å²) < 4.78 is 46.8. The van der Waals surface area contributed by atoms with Crippen molar-refractivity contribution < 1.29 is 92.8 Å². The molecule has 0 aromatic carbocycles. The number of cyclic esters (lactones) is 1. The van der Waals surface area contributed by atoms with Crippen LogP contribution >= 0.6 is 0 Å². The summed E-state index contributed by atoms with van der Waals surface area (Å²) >= 11 is 0. The number of carbonyl (C=O) groups excluding carboxylic acids is 4. The third-order valence-electron chi connectivity index (χ3n) is 15.7. The summed E-state index contributed by atoms with van der Waals surface area (Å²) in [6.45, 7) is 10.3. The Balaban J connectivity index is 1.01. The zero-order chi connectivity index (χ0) is 45.0. The smallest absolute Gasteiger partial charge is 0.339 e. The number of fused-ring (bicyclic) bond motifs is 4. The molecule has 62 heavy (non-hydrogen) atoms. The number of ether oxygens (including phenoxy) is 8. The molecule has 19 heteroatoms. The quantitative estimate of drug-likeness (QED) is 0.0556. The molecule has 0 aromatic rings. The fraction of sp³-hybridized carbons (Fsp3) is 0.814. The van der Waals surface area contributed by atoms with Crippen molar-refractivity contribution in [3.8, 4) is 0 Å². The van der Waals surface area contributed by atoms with Gasteiger partial charge < -0.3 is 73.6 Å². The summed E-state index contributed by atoms with van der Waals surface area (Å²) in [4.78, 5) is 53.1. The van der Waals surface area contributed by atoms with Crippen LogP contribution in [-0.4, -0.2) is 164 Å². The Bertz CT molecular complexity index is 1900. The minimum Gasteiger partial charge on any atom is -0.463 e. The number of esters is 4. The van der Waals surface area contributed by atoms with E-state index in [0.717, 1.165) is 6.42 Å². The van der Waals surface area contributed by atoms with E-state index in [1.807, 2.05) is 6.92 Å². The van der Waals surface area contributed by atoms with Crippen LogP contribution in [0.3, 0.4) is 0 Å². The van der Waals surface area contributed by atoms with Crippen molar-refractivity contribution in [1.29, 1.82) is 0 Å². The molecule has 5 aliphatic heterocycles. The summed E-state index contributed by atoms with van der Waals surface area (Å²) in [5.41, 5.74) is -2.15. The van der Waals surface area contributed by atoms with E-state index >= 15 is 0 Å². The van der Waals surface area contributed by atoms with Gasteiger partial charge in [-0.05, 0) is 51.9 Å². The van der Waals surface area contributed by atoms with Crippen LogP contribution in [0, 0.1) is 28.6 Å². The molecule has 3 aliphatic carbocycles. The van der Waals surface area contributed by atoms with Gasteiger partial charge in [0.05, 0.1) is 50.3 Å². The third-order valence-corrected chi connectivity index (χ3v) is 15.7. The maximum atomic E-state index is 13.6. The highest BCUT2D eigenvalue weighted by molar-refractivity contribution is 5.95. The van der Waals surface area contributed by atoms with E-state index in [1.165, 1.54) is 13.8 Å².